The lowest BCUT2D eigenvalue weighted by Gasteiger charge is -2.33. The minimum Gasteiger partial charge on any atom is -0.508 e. The van der Waals surface area contributed by atoms with E-state index in [0.29, 0.717) is 0 Å². The van der Waals surface area contributed by atoms with Gasteiger partial charge in [-0.05, 0) is 73.3 Å². The van der Waals surface area contributed by atoms with Crippen molar-refractivity contribution in [3.63, 3.8) is 0 Å². The number of nitrogens with zero attached hydrogens (tertiary/aromatic N) is 1. The first-order valence-electron chi connectivity index (χ1n) is 10.9. The molecule has 0 radical (unpaired) electrons. The third-order valence-electron chi connectivity index (χ3n) is 5.87. The van der Waals surface area contributed by atoms with Gasteiger partial charge in [-0.2, -0.15) is 0 Å². The highest BCUT2D eigenvalue weighted by Crippen LogP contribution is 2.54. The van der Waals surface area contributed by atoms with E-state index in [1.807, 2.05) is 6.07 Å². The predicted molar refractivity (Wildman–Crippen MR) is 134 cm³/mol. The van der Waals surface area contributed by atoms with E-state index >= 15 is 0 Å². The van der Waals surface area contributed by atoms with Crippen LogP contribution in [0.4, 0.5) is 0 Å². The molecule has 0 spiro atoms. The molecule has 2 aliphatic rings. The van der Waals surface area contributed by atoms with Crippen LogP contribution in [-0.4, -0.2) is 36.2 Å². The summed E-state index contributed by atoms with van der Waals surface area (Å²) in [7, 11) is 0. The molecule has 5 rings (SSSR count). The van der Waals surface area contributed by atoms with Gasteiger partial charge >= 0.3 is 0 Å². The second kappa shape index (κ2) is 10.8. The summed E-state index contributed by atoms with van der Waals surface area (Å²) in [6.45, 7) is 4.11. The number of rotatable bonds is 6. The Hall–Kier alpha value is -1.86. The molecular formula is C25H28ClNO3S2. The normalized spacial score (nSPS) is 20.6. The van der Waals surface area contributed by atoms with Crippen LogP contribution in [0.2, 0.25) is 0 Å². The van der Waals surface area contributed by atoms with E-state index < -0.39 is 0 Å². The number of fused-ring (bicyclic) bond motifs is 1. The number of likely N-dealkylation sites (tertiary alicyclic amines) is 1. The molecule has 0 saturated carbocycles. The average Bonchev–Trinajstić information content (AvgIpc) is 3.34. The highest BCUT2D eigenvalue weighted by atomic mass is 35.5. The number of hydrogen-bond acceptors (Lipinski definition) is 6. The zero-order chi connectivity index (χ0) is 21.0. The maximum absolute atomic E-state index is 9.89. The van der Waals surface area contributed by atoms with Gasteiger partial charge in [0.2, 0.25) is 0 Å². The zero-order valence-electron chi connectivity index (χ0n) is 17.8. The number of thiophene rings is 1. The van der Waals surface area contributed by atoms with Crippen molar-refractivity contribution in [1.82, 2.24) is 4.90 Å². The van der Waals surface area contributed by atoms with Gasteiger partial charge in [-0.3, -0.25) is 4.90 Å². The fourth-order valence-corrected chi connectivity index (χ4v) is 6.48. The second-order valence-electron chi connectivity index (χ2n) is 8.04. The van der Waals surface area contributed by atoms with E-state index in [4.69, 9.17) is 9.47 Å². The molecule has 32 heavy (non-hydrogen) atoms. The van der Waals surface area contributed by atoms with Crippen LogP contribution in [0.15, 0.2) is 64.9 Å². The van der Waals surface area contributed by atoms with Gasteiger partial charge in [-0.1, -0.05) is 24.6 Å². The lowest BCUT2D eigenvalue weighted by Crippen LogP contribution is -2.33. The fraction of sp³-hybridized carbons (Fsp3) is 0.360. The molecule has 1 saturated heterocycles. The minimum atomic E-state index is -0.0944. The van der Waals surface area contributed by atoms with Gasteiger partial charge in [-0.15, -0.1) is 35.5 Å². The molecule has 170 valence electrons. The Balaban J connectivity index is 0.00000245. The van der Waals surface area contributed by atoms with Gasteiger partial charge in [-0.25, -0.2) is 0 Å². The smallest absolute Gasteiger partial charge is 0.141 e. The minimum absolute atomic E-state index is 0. The number of halogens is 1. The second-order valence-corrected chi connectivity index (χ2v) is 10.2. The molecule has 0 aliphatic carbocycles. The first-order chi connectivity index (χ1) is 15.3. The standard InChI is InChI=1S/C25H27NO3S2.ClH/c27-19-8-11-21-23(17-19)31-25(22-5-4-16-30-22)24(29-21)18-6-9-20(10-7-18)28-15-14-26-12-2-1-3-13-26;/h4-11,16-17,24-25,27H,1-3,12-15H2;1H. The van der Waals surface area contributed by atoms with E-state index in [0.717, 1.165) is 35.1 Å². The van der Waals surface area contributed by atoms with Gasteiger partial charge in [0, 0.05) is 11.4 Å². The van der Waals surface area contributed by atoms with Crippen molar-refractivity contribution in [3.05, 3.63) is 70.4 Å². The molecule has 1 aromatic heterocycles. The van der Waals surface area contributed by atoms with Crippen LogP contribution in [-0.2, 0) is 0 Å². The number of ether oxygens (including phenoxy) is 2. The average molecular weight is 490 g/mol. The lowest BCUT2D eigenvalue weighted by atomic mass is 10.0. The van der Waals surface area contributed by atoms with Crippen molar-refractivity contribution in [2.75, 3.05) is 26.2 Å². The third kappa shape index (κ3) is 5.37. The summed E-state index contributed by atoms with van der Waals surface area (Å²) >= 11 is 3.50. The Morgan fingerprint density at radius 3 is 2.59 bits per heavy atom. The maximum atomic E-state index is 9.89. The number of aromatic hydroxyl groups is 1. The Bertz CT molecular complexity index is 991. The monoisotopic (exact) mass is 489 g/mol. The summed E-state index contributed by atoms with van der Waals surface area (Å²) in [5, 5.41) is 12.1. The van der Waals surface area contributed by atoms with Crippen molar-refractivity contribution in [2.24, 2.45) is 0 Å². The Morgan fingerprint density at radius 1 is 1.03 bits per heavy atom. The molecule has 2 aromatic carbocycles. The van der Waals surface area contributed by atoms with Gasteiger partial charge in [0.25, 0.3) is 0 Å². The quantitative estimate of drug-likeness (QED) is 0.417. The van der Waals surface area contributed by atoms with Crippen molar-refractivity contribution in [1.29, 1.82) is 0 Å². The number of phenols is 1. The van der Waals surface area contributed by atoms with Crippen LogP contribution >= 0.6 is 35.5 Å². The van der Waals surface area contributed by atoms with Crippen LogP contribution in [0.3, 0.4) is 0 Å². The summed E-state index contributed by atoms with van der Waals surface area (Å²) in [5.74, 6) is 1.99. The van der Waals surface area contributed by atoms with Gasteiger partial charge < -0.3 is 14.6 Å². The van der Waals surface area contributed by atoms with E-state index in [1.54, 1.807) is 35.2 Å². The summed E-state index contributed by atoms with van der Waals surface area (Å²) in [4.78, 5) is 4.74. The number of benzene rings is 2. The Morgan fingerprint density at radius 2 is 1.84 bits per heavy atom. The molecule has 7 heteroatoms. The molecular weight excluding hydrogens is 462 g/mol. The molecule has 1 N–H and O–H groups in total. The Labute approximate surface area is 204 Å². The number of thioether (sulfide) groups is 1. The topological polar surface area (TPSA) is 41.9 Å². The molecule has 2 atom stereocenters. The SMILES string of the molecule is Cl.Oc1ccc2c(c1)SC(c1cccs1)C(c1ccc(OCCN3CCCCC3)cc1)O2. The van der Waals surface area contributed by atoms with Gasteiger partial charge in [0.1, 0.15) is 30.0 Å². The van der Waals surface area contributed by atoms with Crippen LogP contribution in [0.1, 0.15) is 41.1 Å². The van der Waals surface area contributed by atoms with Crippen LogP contribution < -0.4 is 9.47 Å². The fourth-order valence-electron chi connectivity index (χ4n) is 4.22. The van der Waals surface area contributed by atoms with Crippen LogP contribution in [0.5, 0.6) is 17.2 Å². The number of piperidine rings is 1. The molecule has 2 aliphatic heterocycles. The summed E-state index contributed by atoms with van der Waals surface area (Å²) in [5.41, 5.74) is 1.13. The molecule has 0 bridgehead atoms. The largest absolute Gasteiger partial charge is 0.508 e. The number of hydrogen-bond donors (Lipinski definition) is 1. The first-order valence-corrected chi connectivity index (χ1v) is 12.7. The molecule has 3 aromatic rings. The van der Waals surface area contributed by atoms with E-state index in [-0.39, 0.29) is 29.5 Å². The summed E-state index contributed by atoms with van der Waals surface area (Å²) in [6.07, 6.45) is 3.88. The van der Waals surface area contributed by atoms with Crippen molar-refractivity contribution >= 4 is 35.5 Å². The van der Waals surface area contributed by atoms with E-state index in [9.17, 15) is 5.11 Å². The zero-order valence-corrected chi connectivity index (χ0v) is 20.3. The van der Waals surface area contributed by atoms with Gasteiger partial charge in [0.05, 0.1) is 10.1 Å². The van der Waals surface area contributed by atoms with Crippen LogP contribution in [0.25, 0.3) is 0 Å². The molecule has 1 fully saturated rings. The van der Waals surface area contributed by atoms with Crippen molar-refractivity contribution in [3.8, 4) is 17.2 Å². The highest BCUT2D eigenvalue weighted by Gasteiger charge is 2.34. The molecule has 0 amide bonds. The molecule has 2 unspecified atom stereocenters. The van der Waals surface area contributed by atoms with E-state index in [1.165, 1.54) is 37.2 Å². The lowest BCUT2D eigenvalue weighted by molar-refractivity contribution is 0.182. The molecule has 4 nitrogen and oxygen atoms in total. The van der Waals surface area contributed by atoms with Gasteiger partial charge in [0.15, 0.2) is 0 Å². The first kappa shape index (κ1) is 23.3. The third-order valence-corrected chi connectivity index (χ3v) is 8.30. The number of phenolic OH excluding ortho intramolecular Hbond substituents is 1. The summed E-state index contributed by atoms with van der Waals surface area (Å²) in [6, 6.07) is 17.9. The summed E-state index contributed by atoms with van der Waals surface area (Å²) < 4.78 is 12.4. The maximum Gasteiger partial charge on any atom is 0.141 e. The Kier molecular flexibility index (Phi) is 7.89. The highest BCUT2D eigenvalue weighted by molar-refractivity contribution is 7.99. The molecule has 3 heterocycles. The van der Waals surface area contributed by atoms with E-state index in [2.05, 4.69) is 46.7 Å². The van der Waals surface area contributed by atoms with Crippen molar-refractivity contribution in [2.45, 2.75) is 35.5 Å². The van der Waals surface area contributed by atoms with Crippen LogP contribution in [0, 0.1) is 0 Å². The predicted octanol–water partition coefficient (Wildman–Crippen LogP) is 6.71. The van der Waals surface area contributed by atoms with Crippen molar-refractivity contribution < 1.29 is 14.6 Å².